The molecular formula is C42H34O8. The van der Waals surface area contributed by atoms with E-state index in [2.05, 4.69) is 12.1 Å². The number of methoxy groups -OCH3 is 1. The second-order valence-electron chi connectivity index (χ2n) is 12.3. The maximum atomic E-state index is 13.5. The Balaban J connectivity index is 1.10. The molecule has 0 aromatic heterocycles. The topological polar surface area (TPSA) is 108 Å². The molecule has 0 saturated heterocycles. The Morgan fingerprint density at radius 1 is 0.660 bits per heavy atom. The molecule has 1 spiro atoms. The van der Waals surface area contributed by atoms with Crippen LogP contribution in [0.15, 0.2) is 115 Å². The number of aliphatic hydroxyl groups excluding tert-OH is 1. The lowest BCUT2D eigenvalue weighted by Crippen LogP contribution is -2.24. The Kier molecular flexibility index (Phi) is 9.02. The lowest BCUT2D eigenvalue weighted by atomic mass is 9.76. The number of hydrogen-bond donors (Lipinski definition) is 1. The summed E-state index contributed by atoms with van der Waals surface area (Å²) in [5.41, 5.74) is 5.89. The van der Waals surface area contributed by atoms with Gasteiger partial charge in [0.1, 0.15) is 23.0 Å². The number of rotatable bonds is 9. The molecule has 1 atom stereocenters. The van der Waals surface area contributed by atoms with E-state index in [1.807, 2.05) is 36.4 Å². The summed E-state index contributed by atoms with van der Waals surface area (Å²) in [6, 6.07) is 31.6. The molecule has 0 aliphatic heterocycles. The molecule has 1 N–H and O–H groups in total. The number of esters is 3. The third-order valence-electron chi connectivity index (χ3n) is 9.44. The number of ether oxygens (including phenoxy) is 4. The van der Waals surface area contributed by atoms with Crippen LogP contribution >= 0.6 is 0 Å². The average Bonchev–Trinajstić information content (AvgIpc) is 3.73. The molecule has 1 unspecified atom stereocenters. The summed E-state index contributed by atoms with van der Waals surface area (Å²) in [4.78, 5) is 39.1. The van der Waals surface area contributed by atoms with Gasteiger partial charge in [-0.05, 0) is 115 Å². The van der Waals surface area contributed by atoms with Gasteiger partial charge >= 0.3 is 17.9 Å². The van der Waals surface area contributed by atoms with Crippen LogP contribution in [0.3, 0.4) is 0 Å². The maximum absolute atomic E-state index is 13.5. The molecule has 2 aliphatic carbocycles. The van der Waals surface area contributed by atoms with Crippen molar-refractivity contribution >= 4 is 24.0 Å². The number of carbonyl (C=O) groups is 3. The lowest BCUT2D eigenvalue weighted by molar-refractivity contribution is -0.129. The summed E-state index contributed by atoms with van der Waals surface area (Å²) in [6.45, 7) is -0.0463. The van der Waals surface area contributed by atoms with Crippen molar-refractivity contribution in [2.45, 2.75) is 37.7 Å². The first-order valence-electron chi connectivity index (χ1n) is 16.4. The van der Waals surface area contributed by atoms with Crippen molar-refractivity contribution in [3.8, 4) is 23.0 Å². The van der Waals surface area contributed by atoms with Crippen molar-refractivity contribution in [2.24, 2.45) is 0 Å². The molecule has 250 valence electrons. The van der Waals surface area contributed by atoms with Gasteiger partial charge in [-0.3, -0.25) is 0 Å². The number of aryl methyl sites for hydroxylation is 2. The summed E-state index contributed by atoms with van der Waals surface area (Å²) < 4.78 is 22.7. The Morgan fingerprint density at radius 2 is 1.20 bits per heavy atom. The van der Waals surface area contributed by atoms with Crippen LogP contribution < -0.4 is 18.9 Å². The summed E-state index contributed by atoms with van der Waals surface area (Å²) in [7, 11) is 1.55. The van der Waals surface area contributed by atoms with Crippen molar-refractivity contribution in [2.75, 3.05) is 7.11 Å². The van der Waals surface area contributed by atoms with E-state index in [1.54, 1.807) is 73.8 Å². The molecule has 0 amide bonds. The predicted octanol–water partition coefficient (Wildman–Crippen LogP) is 7.42. The molecule has 7 rings (SSSR count). The van der Waals surface area contributed by atoms with Gasteiger partial charge in [0.2, 0.25) is 0 Å². The predicted molar refractivity (Wildman–Crippen MR) is 187 cm³/mol. The van der Waals surface area contributed by atoms with E-state index in [1.165, 1.54) is 6.08 Å². The van der Waals surface area contributed by atoms with Crippen LogP contribution in [-0.4, -0.2) is 30.1 Å². The molecule has 0 radical (unpaired) electrons. The number of hydrogen-bond acceptors (Lipinski definition) is 8. The normalized spacial score (nSPS) is 15.8. The van der Waals surface area contributed by atoms with Gasteiger partial charge in [0.25, 0.3) is 0 Å². The van der Waals surface area contributed by atoms with Crippen molar-refractivity contribution in [1.29, 1.82) is 0 Å². The van der Waals surface area contributed by atoms with Gasteiger partial charge in [-0.1, -0.05) is 48.5 Å². The molecule has 8 heteroatoms. The van der Waals surface area contributed by atoms with E-state index in [4.69, 9.17) is 18.9 Å². The lowest BCUT2D eigenvalue weighted by Gasteiger charge is -2.29. The van der Waals surface area contributed by atoms with E-state index >= 15 is 0 Å². The van der Waals surface area contributed by atoms with Crippen LogP contribution in [0.25, 0.3) is 6.08 Å². The highest BCUT2D eigenvalue weighted by Crippen LogP contribution is 2.57. The molecule has 0 saturated carbocycles. The van der Waals surface area contributed by atoms with Crippen LogP contribution in [0, 0.1) is 0 Å². The quantitative estimate of drug-likeness (QED) is 0.0984. The van der Waals surface area contributed by atoms with Crippen LogP contribution in [0.2, 0.25) is 0 Å². The molecule has 5 aromatic rings. The smallest absolute Gasteiger partial charge is 0.343 e. The minimum Gasteiger partial charge on any atom is -0.497 e. The number of fused-ring (bicyclic) bond motifs is 4. The summed E-state index contributed by atoms with van der Waals surface area (Å²) in [5, 5.41) is 9.29. The van der Waals surface area contributed by atoms with Gasteiger partial charge in [0.05, 0.1) is 24.8 Å². The van der Waals surface area contributed by atoms with Crippen LogP contribution in [0.4, 0.5) is 0 Å². The standard InChI is InChI=1S/C42H34O8/c1-47-33-17-13-31(14-18-33)40(45)48-34-19-15-32(16-20-34)41(46)50-36-7-3-5-30-23-25-42(39(30)36)24-22-29-4-2-6-35(38(29)42)49-37(44)21-12-27-8-10-28(26-43)11-9-27/h2-21,43H,22-26H2,1H3. The minimum absolute atomic E-state index is 0.0463. The zero-order valence-electron chi connectivity index (χ0n) is 27.4. The molecule has 8 nitrogen and oxygen atoms in total. The molecule has 2 aliphatic rings. The highest BCUT2D eigenvalue weighted by atomic mass is 16.5. The first kappa shape index (κ1) is 32.6. The number of benzene rings is 5. The third kappa shape index (κ3) is 6.41. The van der Waals surface area contributed by atoms with Crippen molar-refractivity contribution in [3.63, 3.8) is 0 Å². The largest absolute Gasteiger partial charge is 0.497 e. The zero-order valence-corrected chi connectivity index (χ0v) is 27.4. The zero-order chi connectivity index (χ0) is 34.7. The average molecular weight is 667 g/mol. The van der Waals surface area contributed by atoms with E-state index < -0.39 is 23.3 Å². The minimum atomic E-state index is -0.538. The first-order valence-corrected chi connectivity index (χ1v) is 16.4. The second kappa shape index (κ2) is 13.9. The fourth-order valence-corrected chi connectivity index (χ4v) is 7.02. The summed E-state index contributed by atoms with van der Waals surface area (Å²) >= 11 is 0. The molecule has 0 heterocycles. The van der Waals surface area contributed by atoms with Crippen LogP contribution in [0.5, 0.6) is 23.0 Å². The molecule has 0 fully saturated rings. The van der Waals surface area contributed by atoms with Gasteiger partial charge in [-0.15, -0.1) is 0 Å². The van der Waals surface area contributed by atoms with Crippen molar-refractivity contribution < 1.29 is 38.4 Å². The van der Waals surface area contributed by atoms with E-state index in [9.17, 15) is 19.5 Å². The third-order valence-corrected chi connectivity index (χ3v) is 9.44. The monoisotopic (exact) mass is 666 g/mol. The highest BCUT2D eigenvalue weighted by Gasteiger charge is 2.48. The van der Waals surface area contributed by atoms with E-state index in [0.717, 1.165) is 59.1 Å². The van der Waals surface area contributed by atoms with Crippen molar-refractivity contribution in [1.82, 2.24) is 0 Å². The second-order valence-corrected chi connectivity index (χ2v) is 12.3. The Morgan fingerprint density at radius 3 is 1.76 bits per heavy atom. The maximum Gasteiger partial charge on any atom is 0.343 e. The summed E-state index contributed by atoms with van der Waals surface area (Å²) in [6.07, 6.45) is 6.25. The molecular weight excluding hydrogens is 632 g/mol. The van der Waals surface area contributed by atoms with Crippen molar-refractivity contribution in [3.05, 3.63) is 160 Å². The summed E-state index contributed by atoms with van der Waals surface area (Å²) in [5.74, 6) is 0.331. The highest BCUT2D eigenvalue weighted by molar-refractivity contribution is 5.93. The fraction of sp³-hybridized carbons (Fsp3) is 0.167. The molecule has 5 aromatic carbocycles. The van der Waals surface area contributed by atoms with Gasteiger partial charge in [-0.2, -0.15) is 0 Å². The van der Waals surface area contributed by atoms with Gasteiger partial charge in [0, 0.05) is 22.6 Å². The van der Waals surface area contributed by atoms with Gasteiger partial charge in [0.15, 0.2) is 0 Å². The number of aliphatic hydroxyl groups is 1. The Bertz CT molecular complexity index is 2090. The van der Waals surface area contributed by atoms with E-state index in [0.29, 0.717) is 34.1 Å². The Labute approximate surface area is 289 Å². The molecule has 50 heavy (non-hydrogen) atoms. The van der Waals surface area contributed by atoms with Gasteiger partial charge < -0.3 is 24.1 Å². The van der Waals surface area contributed by atoms with E-state index in [-0.39, 0.29) is 6.61 Å². The van der Waals surface area contributed by atoms with Crippen LogP contribution in [0.1, 0.15) is 66.9 Å². The first-order chi connectivity index (χ1) is 24.4. The SMILES string of the molecule is COc1ccc(C(=O)Oc2ccc(C(=O)Oc3cccc4c3C3(CCc5cccc(OC(=O)C=Cc6ccc(CO)cc6)c53)CC4)cc2)cc1. The van der Waals surface area contributed by atoms with Crippen LogP contribution in [-0.2, 0) is 29.7 Å². The van der Waals surface area contributed by atoms with Gasteiger partial charge in [-0.25, -0.2) is 14.4 Å². The fourth-order valence-electron chi connectivity index (χ4n) is 7.02. The number of carbonyl (C=O) groups excluding carboxylic acids is 3. The molecule has 0 bridgehead atoms. The Hall–Kier alpha value is -5.99.